The monoisotopic (exact) mass is 754 g/mol. The van der Waals surface area contributed by atoms with Crippen LogP contribution in [0, 0.1) is 55.4 Å². The summed E-state index contributed by atoms with van der Waals surface area (Å²) in [4.78, 5) is 2.71. The summed E-state index contributed by atoms with van der Waals surface area (Å²) in [7, 11) is -6.00. The molecule has 0 spiro atoms. The van der Waals surface area contributed by atoms with Crippen LogP contribution in [0.15, 0.2) is 133 Å². The fourth-order valence-corrected chi connectivity index (χ4v) is 8.35. The number of hydrogen-bond donors (Lipinski definition) is 0. The molecule has 0 amide bonds. The zero-order valence-corrected chi connectivity index (χ0v) is 33.6. The first kappa shape index (κ1) is 40.2. The minimum atomic E-state index is -6.00. The van der Waals surface area contributed by atoms with Gasteiger partial charge in [0.1, 0.15) is 12.1 Å². The maximum Gasteiger partial charge on any atom is 0.673 e. The minimum Gasteiger partial charge on any atom is -0.418 e. The Morgan fingerprint density at radius 2 is 0.786 bits per heavy atom. The molecule has 2 atom stereocenters. The van der Waals surface area contributed by atoms with Crippen molar-refractivity contribution in [3.63, 3.8) is 0 Å². The van der Waals surface area contributed by atoms with Gasteiger partial charge in [-0.2, -0.15) is 0 Å². The highest BCUT2D eigenvalue weighted by atomic mass is 19.5. The van der Waals surface area contributed by atoms with Crippen molar-refractivity contribution in [2.24, 2.45) is 0 Å². The van der Waals surface area contributed by atoms with Crippen molar-refractivity contribution in [3.8, 4) is 0 Å². The average Bonchev–Trinajstić information content (AvgIpc) is 3.55. The van der Waals surface area contributed by atoms with E-state index in [0.717, 1.165) is 0 Å². The third-order valence-corrected chi connectivity index (χ3v) is 11.9. The lowest BCUT2D eigenvalue weighted by molar-refractivity contribution is -0.596. The van der Waals surface area contributed by atoms with Crippen LogP contribution < -0.4 is 0 Å². The molecule has 6 aromatic rings. The molecule has 56 heavy (non-hydrogen) atoms. The molecular weight excluding hydrogens is 703 g/mol. The highest BCUT2D eigenvalue weighted by Crippen LogP contribution is 2.50. The molecule has 0 fully saturated rings. The summed E-state index contributed by atoms with van der Waals surface area (Å²) in [5.41, 5.74) is 18.7. The molecule has 7 heteroatoms. The van der Waals surface area contributed by atoms with Gasteiger partial charge in [0.2, 0.25) is 6.34 Å². The Morgan fingerprint density at radius 1 is 0.446 bits per heavy atom. The normalized spacial score (nSPS) is 15.5. The predicted molar refractivity (Wildman–Crippen MR) is 224 cm³/mol. The number of benzene rings is 6. The lowest BCUT2D eigenvalue weighted by Gasteiger charge is -2.33. The van der Waals surface area contributed by atoms with Crippen LogP contribution in [0.1, 0.15) is 102 Å². The van der Waals surface area contributed by atoms with Crippen molar-refractivity contribution < 1.29 is 21.8 Å². The van der Waals surface area contributed by atoms with E-state index < -0.39 is 7.25 Å². The SMILES string of the molecule is Cc1cccc(C(c2cccc(C)c2C)N2C=[N+](C(c3cccc(C)c3C)c3cccc(C)c3C)[C@@H](c3ccccc3)[C@@H]2c2ccccc2)c1C.F[B-](F)(F)F. The first-order chi connectivity index (χ1) is 26.7. The van der Waals surface area contributed by atoms with Gasteiger partial charge in [0.25, 0.3) is 0 Å². The predicted octanol–water partition coefficient (Wildman–Crippen LogP) is 13.2. The van der Waals surface area contributed by atoms with Crippen molar-refractivity contribution >= 4 is 13.6 Å². The Bertz CT molecular complexity index is 2230. The van der Waals surface area contributed by atoms with Gasteiger partial charge < -0.3 is 17.3 Å². The number of halogens is 4. The van der Waals surface area contributed by atoms with E-state index in [9.17, 15) is 17.3 Å². The summed E-state index contributed by atoms with van der Waals surface area (Å²) in [6, 6.07) is 49.8. The highest BCUT2D eigenvalue weighted by Gasteiger charge is 2.51. The van der Waals surface area contributed by atoms with Crippen LogP contribution in [-0.2, 0) is 0 Å². The molecule has 0 radical (unpaired) electrons. The van der Waals surface area contributed by atoms with E-state index in [1.807, 2.05) is 0 Å². The van der Waals surface area contributed by atoms with Gasteiger partial charge in [-0.1, -0.05) is 133 Å². The average molecular weight is 755 g/mol. The fraction of sp³-hybridized carbons (Fsp3) is 0.245. The van der Waals surface area contributed by atoms with E-state index in [2.05, 4.69) is 205 Å². The third kappa shape index (κ3) is 8.38. The first-order valence-corrected chi connectivity index (χ1v) is 19.3. The Kier molecular flexibility index (Phi) is 12.0. The first-order valence-electron chi connectivity index (χ1n) is 19.3. The standard InChI is InChI=1S/C49H51N2.BF4/c1-32-19-15-27-42(36(32)5)48(43-28-16-20-33(2)37(43)6)50-31-51(47(41-25-13-10-14-26-41)46(50)40-23-11-9-12-24-40)49(44-29-17-21-34(3)38(44)7)45-30-18-22-35(4)39(45)8;2-1(3,4)5/h9-31,46-49H,1-8H3;/q+1;-1/t46-,47-;/m0./s1. The van der Waals surface area contributed by atoms with Crippen molar-refractivity contribution in [2.45, 2.75) is 79.6 Å². The molecule has 288 valence electrons. The van der Waals surface area contributed by atoms with Gasteiger partial charge in [-0.05, 0) is 99.9 Å². The number of aryl methyl sites for hydroxylation is 4. The van der Waals surface area contributed by atoms with Crippen LogP contribution in [0.4, 0.5) is 17.3 Å². The Morgan fingerprint density at radius 3 is 1.18 bits per heavy atom. The van der Waals surface area contributed by atoms with Crippen LogP contribution >= 0.6 is 0 Å². The largest absolute Gasteiger partial charge is 0.673 e. The summed E-state index contributed by atoms with van der Waals surface area (Å²) in [5.74, 6) is 0. The molecule has 6 aromatic carbocycles. The molecule has 7 rings (SSSR count). The summed E-state index contributed by atoms with van der Waals surface area (Å²) >= 11 is 0. The highest BCUT2D eigenvalue weighted by molar-refractivity contribution is 6.50. The number of nitrogens with zero attached hydrogens (tertiary/aromatic N) is 2. The minimum absolute atomic E-state index is 0.0101. The summed E-state index contributed by atoms with van der Waals surface area (Å²) < 4.78 is 41.7. The van der Waals surface area contributed by atoms with Crippen LogP contribution in [0.2, 0.25) is 0 Å². The maximum absolute atomic E-state index is 9.75. The van der Waals surface area contributed by atoms with Gasteiger partial charge in [-0.15, -0.1) is 0 Å². The topological polar surface area (TPSA) is 6.25 Å². The molecule has 0 N–H and O–H groups in total. The van der Waals surface area contributed by atoms with Crippen LogP contribution in [0.25, 0.3) is 0 Å². The second kappa shape index (κ2) is 16.7. The Balaban J connectivity index is 0.00000100. The Hall–Kier alpha value is -5.43. The molecule has 0 saturated carbocycles. The van der Waals surface area contributed by atoms with Gasteiger partial charge in [0.15, 0.2) is 12.1 Å². The van der Waals surface area contributed by atoms with Crippen LogP contribution in [0.5, 0.6) is 0 Å². The molecule has 1 heterocycles. The lowest BCUT2D eigenvalue weighted by atomic mass is 9.84. The van der Waals surface area contributed by atoms with E-state index in [-0.39, 0.29) is 24.2 Å². The van der Waals surface area contributed by atoms with Crippen molar-refractivity contribution in [1.82, 2.24) is 4.90 Å². The molecule has 0 aliphatic carbocycles. The van der Waals surface area contributed by atoms with Gasteiger partial charge in [-0.25, -0.2) is 9.48 Å². The third-order valence-electron chi connectivity index (χ3n) is 11.9. The second-order valence-electron chi connectivity index (χ2n) is 15.2. The number of rotatable bonds is 8. The molecule has 2 nitrogen and oxygen atoms in total. The molecule has 0 saturated heterocycles. The van der Waals surface area contributed by atoms with Gasteiger partial charge in [-0.3, -0.25) is 0 Å². The van der Waals surface area contributed by atoms with E-state index in [0.29, 0.717) is 0 Å². The molecule has 0 aromatic heterocycles. The zero-order valence-electron chi connectivity index (χ0n) is 33.6. The van der Waals surface area contributed by atoms with E-state index in [4.69, 9.17) is 0 Å². The molecule has 0 bridgehead atoms. The van der Waals surface area contributed by atoms with Gasteiger partial charge >= 0.3 is 7.25 Å². The van der Waals surface area contributed by atoms with Crippen LogP contribution in [0.3, 0.4) is 0 Å². The van der Waals surface area contributed by atoms with E-state index >= 15 is 0 Å². The summed E-state index contributed by atoms with van der Waals surface area (Å²) in [5, 5.41) is 0. The molecule has 1 aliphatic rings. The van der Waals surface area contributed by atoms with Crippen molar-refractivity contribution in [3.05, 3.63) is 211 Å². The Labute approximate surface area is 330 Å². The molecule has 0 unspecified atom stereocenters. The van der Waals surface area contributed by atoms with Gasteiger partial charge in [0.05, 0.1) is 0 Å². The summed E-state index contributed by atoms with van der Waals surface area (Å²) in [6.07, 6.45) is 2.51. The fourth-order valence-electron chi connectivity index (χ4n) is 8.35. The van der Waals surface area contributed by atoms with E-state index in [1.54, 1.807) is 0 Å². The quantitative estimate of drug-likeness (QED) is 0.0852. The lowest BCUT2D eigenvalue weighted by Crippen LogP contribution is -2.32. The molecule has 1 aliphatic heterocycles. The van der Waals surface area contributed by atoms with Crippen molar-refractivity contribution in [1.29, 1.82) is 0 Å². The van der Waals surface area contributed by atoms with Crippen LogP contribution in [-0.4, -0.2) is 23.1 Å². The van der Waals surface area contributed by atoms with Crippen molar-refractivity contribution in [2.75, 3.05) is 0 Å². The zero-order chi connectivity index (χ0) is 40.3. The summed E-state index contributed by atoms with van der Waals surface area (Å²) in [6.45, 7) is 18.2. The smallest absolute Gasteiger partial charge is 0.418 e. The second-order valence-corrected chi connectivity index (χ2v) is 15.2. The van der Waals surface area contributed by atoms with Gasteiger partial charge in [0, 0.05) is 33.4 Å². The van der Waals surface area contributed by atoms with E-state index in [1.165, 1.54) is 77.9 Å². The molecular formula is C49H51BF4N2. The number of hydrogen-bond acceptors (Lipinski definition) is 1. The maximum atomic E-state index is 9.75.